The van der Waals surface area contributed by atoms with Gasteiger partial charge in [-0.1, -0.05) is 37.8 Å². The molecule has 1 fully saturated rings. The lowest BCUT2D eigenvalue weighted by Crippen LogP contribution is -2.32. The normalized spacial score (nSPS) is 17.4. The second kappa shape index (κ2) is 7.42. The van der Waals surface area contributed by atoms with Gasteiger partial charge in [0, 0.05) is 12.6 Å². The molecule has 1 aromatic carbocycles. The molecule has 1 saturated carbocycles. The van der Waals surface area contributed by atoms with Crippen LogP contribution in [0.25, 0.3) is 0 Å². The molecule has 2 nitrogen and oxygen atoms in total. The van der Waals surface area contributed by atoms with Crippen LogP contribution < -0.4 is 10.1 Å². The Morgan fingerprint density at radius 2 is 1.94 bits per heavy atom. The molecule has 0 aromatic heterocycles. The number of ether oxygens (including phenoxy) is 1. The van der Waals surface area contributed by atoms with E-state index in [1.165, 1.54) is 44.1 Å². The van der Waals surface area contributed by atoms with Crippen molar-refractivity contribution in [3.05, 3.63) is 29.8 Å². The first-order valence-electron chi connectivity index (χ1n) is 7.27. The van der Waals surface area contributed by atoms with Crippen LogP contribution in [0.2, 0.25) is 0 Å². The molecule has 0 radical (unpaired) electrons. The molecular weight excluding hydrogens is 222 g/mol. The number of aryl methyl sites for hydroxylation is 1. The first-order chi connectivity index (χ1) is 8.84. The summed E-state index contributed by atoms with van der Waals surface area (Å²) in [7, 11) is 0. The minimum absolute atomic E-state index is 0.716. The fourth-order valence-electron chi connectivity index (χ4n) is 2.62. The Morgan fingerprint density at radius 1 is 1.17 bits per heavy atom. The van der Waals surface area contributed by atoms with Gasteiger partial charge in [-0.2, -0.15) is 0 Å². The lowest BCUT2D eigenvalue weighted by atomic mass is 10.1. The summed E-state index contributed by atoms with van der Waals surface area (Å²) in [6.45, 7) is 3.81. The zero-order valence-electron chi connectivity index (χ0n) is 11.5. The molecule has 0 aliphatic heterocycles. The molecule has 18 heavy (non-hydrogen) atoms. The topological polar surface area (TPSA) is 21.3 Å². The minimum Gasteiger partial charge on any atom is -0.492 e. The van der Waals surface area contributed by atoms with Crippen molar-refractivity contribution in [3.63, 3.8) is 0 Å². The maximum atomic E-state index is 5.75. The molecule has 1 aliphatic rings. The SMILES string of the molecule is Cc1cccc(OCCNC2CCCCCC2)c1. The highest BCUT2D eigenvalue weighted by Crippen LogP contribution is 2.17. The Morgan fingerprint density at radius 3 is 2.67 bits per heavy atom. The van der Waals surface area contributed by atoms with Gasteiger partial charge < -0.3 is 10.1 Å². The van der Waals surface area contributed by atoms with Crippen molar-refractivity contribution in [2.45, 2.75) is 51.5 Å². The predicted molar refractivity (Wildman–Crippen MR) is 76.2 cm³/mol. The van der Waals surface area contributed by atoms with Crippen molar-refractivity contribution in [3.8, 4) is 5.75 Å². The van der Waals surface area contributed by atoms with E-state index in [-0.39, 0.29) is 0 Å². The van der Waals surface area contributed by atoms with Gasteiger partial charge in [-0.25, -0.2) is 0 Å². The van der Waals surface area contributed by atoms with Crippen molar-refractivity contribution in [1.82, 2.24) is 5.32 Å². The van der Waals surface area contributed by atoms with E-state index < -0.39 is 0 Å². The van der Waals surface area contributed by atoms with E-state index in [0.717, 1.165) is 18.9 Å². The maximum Gasteiger partial charge on any atom is 0.119 e. The van der Waals surface area contributed by atoms with Gasteiger partial charge in [0.25, 0.3) is 0 Å². The number of rotatable bonds is 5. The summed E-state index contributed by atoms with van der Waals surface area (Å²) in [6, 6.07) is 8.97. The van der Waals surface area contributed by atoms with Crippen molar-refractivity contribution in [2.24, 2.45) is 0 Å². The highest BCUT2D eigenvalue weighted by Gasteiger charge is 2.10. The van der Waals surface area contributed by atoms with Crippen LogP contribution in [-0.2, 0) is 0 Å². The summed E-state index contributed by atoms with van der Waals surface area (Å²) in [5.41, 5.74) is 1.25. The van der Waals surface area contributed by atoms with Crippen molar-refractivity contribution in [1.29, 1.82) is 0 Å². The smallest absolute Gasteiger partial charge is 0.119 e. The molecule has 1 N–H and O–H groups in total. The van der Waals surface area contributed by atoms with Gasteiger partial charge in [-0.05, 0) is 37.5 Å². The summed E-state index contributed by atoms with van der Waals surface area (Å²) in [5.74, 6) is 0.984. The van der Waals surface area contributed by atoms with Crippen molar-refractivity contribution < 1.29 is 4.74 Å². The Hall–Kier alpha value is -1.02. The van der Waals surface area contributed by atoms with Crippen LogP contribution in [0.15, 0.2) is 24.3 Å². The third-order valence-corrected chi connectivity index (χ3v) is 3.65. The lowest BCUT2D eigenvalue weighted by Gasteiger charge is -2.16. The third-order valence-electron chi connectivity index (χ3n) is 3.65. The quantitative estimate of drug-likeness (QED) is 0.633. The van der Waals surface area contributed by atoms with Gasteiger partial charge in [-0.15, -0.1) is 0 Å². The van der Waals surface area contributed by atoms with Gasteiger partial charge >= 0.3 is 0 Å². The van der Waals surface area contributed by atoms with E-state index in [2.05, 4.69) is 24.4 Å². The van der Waals surface area contributed by atoms with Crippen LogP contribution >= 0.6 is 0 Å². The zero-order chi connectivity index (χ0) is 12.6. The van der Waals surface area contributed by atoms with Crippen LogP contribution in [0.3, 0.4) is 0 Å². The molecule has 0 heterocycles. The first kappa shape index (κ1) is 13.4. The largest absolute Gasteiger partial charge is 0.492 e. The predicted octanol–water partition coefficient (Wildman–Crippen LogP) is 3.69. The lowest BCUT2D eigenvalue weighted by molar-refractivity contribution is 0.300. The van der Waals surface area contributed by atoms with Crippen LogP contribution in [0.4, 0.5) is 0 Å². The van der Waals surface area contributed by atoms with Crippen molar-refractivity contribution in [2.75, 3.05) is 13.2 Å². The molecule has 0 spiro atoms. The zero-order valence-corrected chi connectivity index (χ0v) is 11.5. The van der Waals surface area contributed by atoms with Gasteiger partial charge in [0.15, 0.2) is 0 Å². The Bertz CT molecular complexity index is 343. The second-order valence-electron chi connectivity index (χ2n) is 5.31. The summed E-state index contributed by atoms with van der Waals surface area (Å²) < 4.78 is 5.75. The molecule has 1 aromatic rings. The highest BCUT2D eigenvalue weighted by atomic mass is 16.5. The standard InChI is InChI=1S/C16H25NO/c1-14-7-6-10-16(13-14)18-12-11-17-15-8-4-2-3-5-9-15/h6-7,10,13,15,17H,2-5,8-9,11-12H2,1H3. The van der Waals surface area contributed by atoms with Crippen LogP contribution in [0.1, 0.15) is 44.1 Å². The summed E-state index contributed by atoms with van der Waals surface area (Å²) in [6.07, 6.45) is 8.28. The van der Waals surface area contributed by atoms with Crippen molar-refractivity contribution >= 4 is 0 Å². The number of nitrogens with one attached hydrogen (secondary N) is 1. The maximum absolute atomic E-state index is 5.75. The molecule has 0 bridgehead atoms. The summed E-state index contributed by atoms with van der Waals surface area (Å²) in [5, 5.41) is 3.62. The van der Waals surface area contributed by atoms with E-state index in [0.29, 0.717) is 6.04 Å². The first-order valence-corrected chi connectivity index (χ1v) is 7.27. The highest BCUT2D eigenvalue weighted by molar-refractivity contribution is 5.27. The van der Waals surface area contributed by atoms with E-state index in [1.54, 1.807) is 0 Å². The Kier molecular flexibility index (Phi) is 5.53. The fourth-order valence-corrected chi connectivity index (χ4v) is 2.62. The van der Waals surface area contributed by atoms with Gasteiger partial charge in [0.1, 0.15) is 12.4 Å². The molecule has 0 saturated heterocycles. The molecule has 0 unspecified atom stereocenters. The molecule has 2 rings (SSSR count). The molecule has 0 amide bonds. The van der Waals surface area contributed by atoms with Gasteiger partial charge in [-0.3, -0.25) is 0 Å². The van der Waals surface area contributed by atoms with E-state index in [9.17, 15) is 0 Å². The minimum atomic E-state index is 0.716. The monoisotopic (exact) mass is 247 g/mol. The summed E-state index contributed by atoms with van der Waals surface area (Å²) in [4.78, 5) is 0. The second-order valence-corrected chi connectivity index (χ2v) is 5.31. The van der Waals surface area contributed by atoms with Crippen LogP contribution in [-0.4, -0.2) is 19.2 Å². The van der Waals surface area contributed by atoms with Crippen LogP contribution in [0, 0.1) is 6.92 Å². The Balaban J connectivity index is 1.63. The molecule has 0 atom stereocenters. The van der Waals surface area contributed by atoms with E-state index in [1.807, 2.05) is 12.1 Å². The number of hydrogen-bond acceptors (Lipinski definition) is 2. The Labute approximate surface area is 111 Å². The molecule has 100 valence electrons. The fraction of sp³-hybridized carbons (Fsp3) is 0.625. The molecule has 2 heteroatoms. The summed E-state index contributed by atoms with van der Waals surface area (Å²) >= 11 is 0. The van der Waals surface area contributed by atoms with Gasteiger partial charge in [0.05, 0.1) is 0 Å². The van der Waals surface area contributed by atoms with Gasteiger partial charge in [0.2, 0.25) is 0 Å². The average Bonchev–Trinajstić information content (AvgIpc) is 2.63. The molecular formula is C16H25NO. The molecule has 1 aliphatic carbocycles. The number of hydrogen-bond donors (Lipinski definition) is 1. The van der Waals surface area contributed by atoms with E-state index in [4.69, 9.17) is 4.74 Å². The number of benzene rings is 1. The third kappa shape index (κ3) is 4.69. The van der Waals surface area contributed by atoms with E-state index >= 15 is 0 Å². The average molecular weight is 247 g/mol. The van der Waals surface area contributed by atoms with Crippen LogP contribution in [0.5, 0.6) is 5.75 Å².